The van der Waals surface area contributed by atoms with E-state index in [2.05, 4.69) is 43.3 Å². The predicted molar refractivity (Wildman–Crippen MR) is 76.7 cm³/mol. The van der Waals surface area contributed by atoms with Crippen molar-refractivity contribution >= 4 is 37.8 Å². The van der Waals surface area contributed by atoms with Crippen LogP contribution >= 0.6 is 31.9 Å². The summed E-state index contributed by atoms with van der Waals surface area (Å²) in [4.78, 5) is 12.3. The Morgan fingerprint density at radius 1 is 1.29 bits per heavy atom. The van der Waals surface area contributed by atoms with E-state index in [0.717, 1.165) is 17.3 Å². The molecule has 1 aliphatic carbocycles. The van der Waals surface area contributed by atoms with Gasteiger partial charge in [-0.15, -0.1) is 0 Å². The molecule has 0 spiro atoms. The van der Waals surface area contributed by atoms with Crippen LogP contribution in [-0.4, -0.2) is 16.8 Å². The Kier molecular flexibility index (Phi) is 4.40. The molecule has 0 saturated carbocycles. The monoisotopic (exact) mass is 357 g/mol. The van der Waals surface area contributed by atoms with Crippen molar-refractivity contribution in [2.45, 2.75) is 23.7 Å². The van der Waals surface area contributed by atoms with Crippen LogP contribution in [-0.2, 0) is 0 Å². The summed E-state index contributed by atoms with van der Waals surface area (Å²) in [6, 6.07) is 9.44. The maximum absolute atomic E-state index is 12.0. The highest BCUT2D eigenvalue weighted by molar-refractivity contribution is 9.11. The van der Waals surface area contributed by atoms with E-state index in [1.807, 2.05) is 30.3 Å². The zero-order chi connectivity index (χ0) is 12.3. The van der Waals surface area contributed by atoms with Crippen LogP contribution in [0, 0.1) is 0 Å². The summed E-state index contributed by atoms with van der Waals surface area (Å²) in [7, 11) is 0. The Morgan fingerprint density at radius 3 is 2.71 bits per heavy atom. The van der Waals surface area contributed by atoms with E-state index in [-0.39, 0.29) is 11.9 Å². The molecule has 4 heteroatoms. The molecule has 17 heavy (non-hydrogen) atoms. The van der Waals surface area contributed by atoms with Crippen LogP contribution in [0.5, 0.6) is 0 Å². The first-order valence-corrected chi connectivity index (χ1v) is 7.22. The van der Waals surface area contributed by atoms with E-state index in [1.165, 1.54) is 0 Å². The first-order valence-electron chi connectivity index (χ1n) is 5.51. The van der Waals surface area contributed by atoms with Crippen LogP contribution < -0.4 is 5.32 Å². The lowest BCUT2D eigenvalue weighted by Crippen LogP contribution is -2.42. The number of amides is 1. The molecule has 1 N–H and O–H groups in total. The fourth-order valence-corrected chi connectivity index (χ4v) is 2.85. The van der Waals surface area contributed by atoms with Gasteiger partial charge in [0, 0.05) is 22.9 Å². The van der Waals surface area contributed by atoms with Crippen molar-refractivity contribution in [2.24, 2.45) is 0 Å². The summed E-state index contributed by atoms with van der Waals surface area (Å²) in [6.07, 6.45) is 3.92. The predicted octanol–water partition coefficient (Wildman–Crippen LogP) is 3.62. The van der Waals surface area contributed by atoms with Crippen molar-refractivity contribution in [1.82, 2.24) is 5.32 Å². The fraction of sp³-hybridized carbons (Fsp3) is 0.308. The van der Waals surface area contributed by atoms with E-state index in [1.54, 1.807) is 0 Å². The summed E-state index contributed by atoms with van der Waals surface area (Å²) in [5.74, 6) is -0.0118. The molecule has 2 unspecified atom stereocenters. The second-order valence-corrected chi connectivity index (χ2v) is 6.25. The van der Waals surface area contributed by atoms with Crippen LogP contribution in [0.2, 0.25) is 0 Å². The third kappa shape index (κ3) is 3.42. The number of nitrogens with one attached hydrogen (secondary N) is 1. The topological polar surface area (TPSA) is 29.1 Å². The Balaban J connectivity index is 2.02. The maximum atomic E-state index is 12.0. The number of rotatable bonds is 2. The Labute approximate surface area is 118 Å². The van der Waals surface area contributed by atoms with Gasteiger partial charge < -0.3 is 5.32 Å². The van der Waals surface area contributed by atoms with Crippen molar-refractivity contribution in [3.63, 3.8) is 0 Å². The average molecular weight is 359 g/mol. The number of benzene rings is 1. The molecule has 0 bridgehead atoms. The van der Waals surface area contributed by atoms with Gasteiger partial charge in [-0.3, -0.25) is 4.79 Å². The molecule has 90 valence electrons. The zero-order valence-corrected chi connectivity index (χ0v) is 12.4. The van der Waals surface area contributed by atoms with E-state index < -0.39 is 0 Å². The van der Waals surface area contributed by atoms with E-state index in [4.69, 9.17) is 0 Å². The van der Waals surface area contributed by atoms with Crippen LogP contribution in [0.15, 0.2) is 40.9 Å². The number of hydrogen-bond acceptors (Lipinski definition) is 1. The van der Waals surface area contributed by atoms with Gasteiger partial charge in [-0.05, 0) is 23.0 Å². The second kappa shape index (κ2) is 5.83. The average Bonchev–Trinajstić information content (AvgIpc) is 2.35. The first kappa shape index (κ1) is 12.8. The molecule has 1 aromatic rings. The van der Waals surface area contributed by atoms with Crippen molar-refractivity contribution < 1.29 is 4.79 Å². The quantitative estimate of drug-likeness (QED) is 0.804. The van der Waals surface area contributed by atoms with Crippen molar-refractivity contribution in [3.8, 4) is 0 Å². The second-order valence-electron chi connectivity index (χ2n) is 4.05. The molecule has 1 aliphatic rings. The summed E-state index contributed by atoms with van der Waals surface area (Å²) in [5.41, 5.74) is 0.706. The standard InChI is InChI=1S/C13H13Br2NO/c14-10-6-7-11(15)12(8-10)16-13(17)9-4-2-1-3-5-9/h1-6,11-12H,7-8H2,(H,16,17). The lowest BCUT2D eigenvalue weighted by molar-refractivity contribution is 0.0936. The number of hydrogen-bond donors (Lipinski definition) is 1. The zero-order valence-electron chi connectivity index (χ0n) is 9.20. The Bertz CT molecular complexity index is 430. The minimum atomic E-state index is -0.0118. The van der Waals surface area contributed by atoms with Crippen LogP contribution in [0.3, 0.4) is 0 Å². The van der Waals surface area contributed by atoms with Crippen molar-refractivity contribution in [3.05, 3.63) is 46.5 Å². The van der Waals surface area contributed by atoms with Crippen LogP contribution in [0.1, 0.15) is 23.2 Å². The summed E-state index contributed by atoms with van der Waals surface area (Å²) in [5, 5.41) is 3.06. The van der Waals surface area contributed by atoms with Gasteiger partial charge in [-0.25, -0.2) is 0 Å². The smallest absolute Gasteiger partial charge is 0.251 e. The number of allylic oxidation sites excluding steroid dienone is 1. The first-order chi connectivity index (χ1) is 8.16. The van der Waals surface area contributed by atoms with E-state index in [0.29, 0.717) is 10.4 Å². The lowest BCUT2D eigenvalue weighted by atomic mass is 10.0. The summed E-state index contributed by atoms with van der Waals surface area (Å²) < 4.78 is 1.16. The Hall–Kier alpha value is -0.610. The molecule has 0 aliphatic heterocycles. The van der Waals surface area contributed by atoms with Crippen molar-refractivity contribution in [2.75, 3.05) is 0 Å². The molecule has 2 rings (SSSR count). The number of halogens is 2. The summed E-state index contributed by atoms with van der Waals surface area (Å²) >= 11 is 7.09. The third-order valence-corrected chi connectivity index (χ3v) is 4.43. The molecule has 1 aromatic carbocycles. The minimum Gasteiger partial charge on any atom is -0.348 e. The highest BCUT2D eigenvalue weighted by Gasteiger charge is 2.24. The summed E-state index contributed by atoms with van der Waals surface area (Å²) in [6.45, 7) is 0. The molecule has 0 radical (unpaired) electrons. The van der Waals surface area contributed by atoms with Crippen molar-refractivity contribution in [1.29, 1.82) is 0 Å². The van der Waals surface area contributed by atoms with Gasteiger partial charge in [0.15, 0.2) is 0 Å². The molecule has 0 fully saturated rings. The highest BCUT2D eigenvalue weighted by atomic mass is 79.9. The van der Waals surface area contributed by atoms with Gasteiger partial charge in [0.1, 0.15) is 0 Å². The molecular formula is C13H13Br2NO. The van der Waals surface area contributed by atoms with Gasteiger partial charge in [0.2, 0.25) is 0 Å². The molecule has 0 saturated heterocycles. The van der Waals surface area contributed by atoms with E-state index >= 15 is 0 Å². The SMILES string of the molecule is O=C(NC1CC(Br)=CCC1Br)c1ccccc1. The highest BCUT2D eigenvalue weighted by Crippen LogP contribution is 2.27. The van der Waals surface area contributed by atoms with Crippen LogP contribution in [0.25, 0.3) is 0 Å². The molecule has 0 heterocycles. The molecule has 2 atom stereocenters. The molecule has 0 aromatic heterocycles. The normalized spacial score (nSPS) is 24.0. The van der Waals surface area contributed by atoms with Gasteiger partial charge in [0.05, 0.1) is 0 Å². The van der Waals surface area contributed by atoms with E-state index in [9.17, 15) is 4.79 Å². The minimum absolute atomic E-state index is 0.0118. The number of carbonyl (C=O) groups is 1. The molecule has 2 nitrogen and oxygen atoms in total. The number of carbonyl (C=O) groups excluding carboxylic acids is 1. The Morgan fingerprint density at radius 2 is 2.00 bits per heavy atom. The number of alkyl halides is 1. The molecule has 1 amide bonds. The third-order valence-electron chi connectivity index (χ3n) is 2.77. The maximum Gasteiger partial charge on any atom is 0.251 e. The van der Waals surface area contributed by atoms with Gasteiger partial charge in [-0.2, -0.15) is 0 Å². The largest absolute Gasteiger partial charge is 0.348 e. The fourth-order valence-electron chi connectivity index (χ4n) is 1.81. The van der Waals surface area contributed by atoms with Gasteiger partial charge in [0.25, 0.3) is 5.91 Å². The van der Waals surface area contributed by atoms with Gasteiger partial charge >= 0.3 is 0 Å². The lowest BCUT2D eigenvalue weighted by Gasteiger charge is -2.26. The van der Waals surface area contributed by atoms with Crippen LogP contribution in [0.4, 0.5) is 0 Å². The molecular weight excluding hydrogens is 346 g/mol. The van der Waals surface area contributed by atoms with Gasteiger partial charge in [-0.1, -0.05) is 56.1 Å².